The molecule has 8 aromatic carbocycles. The molecule has 704 valence electrons. The molecule has 26 nitrogen and oxygen atoms in total. The van der Waals surface area contributed by atoms with Crippen molar-refractivity contribution < 1.29 is 38.0 Å². The Bertz CT molecular complexity index is 6620. The highest BCUT2D eigenvalue weighted by atomic mass is 79.9. The lowest BCUT2D eigenvalue weighted by molar-refractivity contribution is -0.117. The first-order valence-electron chi connectivity index (χ1n) is 45.7. The molecule has 6 fully saturated rings. The van der Waals surface area contributed by atoms with Gasteiger partial charge in [0.15, 0.2) is 0 Å². The molecule has 0 radical (unpaired) electrons. The fourth-order valence-corrected chi connectivity index (χ4v) is 27.2. The van der Waals surface area contributed by atoms with E-state index >= 15 is 0 Å². The average molecular weight is 2040 g/mol. The van der Waals surface area contributed by atoms with Gasteiger partial charge in [-0.3, -0.25) is 38.6 Å². The Hall–Kier alpha value is -9.74. The Kier molecular flexibility index (Phi) is 31.8. The van der Waals surface area contributed by atoms with E-state index in [2.05, 4.69) is 196 Å². The summed E-state index contributed by atoms with van der Waals surface area (Å²) in [5.74, 6) is 0.0174. The van der Waals surface area contributed by atoms with Crippen molar-refractivity contribution in [3.63, 3.8) is 0 Å². The van der Waals surface area contributed by atoms with E-state index < -0.39 is 0 Å². The number of carbonyl (C=O) groups excluding carboxylic acids is 2. The molecule has 14 heterocycles. The van der Waals surface area contributed by atoms with Gasteiger partial charge in [0.25, 0.3) is 0 Å². The Morgan fingerprint density at radius 2 is 0.610 bits per heavy atom. The van der Waals surface area contributed by atoms with Crippen LogP contribution in [0.4, 0.5) is 45.5 Å². The quantitative estimate of drug-likeness (QED) is 0.0200. The molecule has 4 aromatic heterocycles. The van der Waals surface area contributed by atoms with Crippen LogP contribution in [0.25, 0.3) is 45.0 Å². The number of aromatic amines is 4. The van der Waals surface area contributed by atoms with Gasteiger partial charge in [0.05, 0.1) is 102 Å². The Labute approximate surface area is 830 Å². The summed E-state index contributed by atoms with van der Waals surface area (Å²) >= 11 is 17.1. The number of amides is 2. The van der Waals surface area contributed by atoms with Crippen molar-refractivity contribution in [3.8, 4) is 45.0 Å². The number of nitrogens with one attached hydrogen (secondary N) is 7. The highest BCUT2D eigenvalue weighted by molar-refractivity contribution is 9.09. The second kappa shape index (κ2) is 45.5. The zero-order valence-corrected chi connectivity index (χ0v) is 82.8. The smallest absolute Gasteiger partial charge is 0.250 e. The lowest BCUT2D eigenvalue weighted by atomic mass is 10.1. The van der Waals surface area contributed by atoms with Gasteiger partial charge in [0.2, 0.25) is 34.1 Å². The predicted molar refractivity (Wildman–Crippen MR) is 553 cm³/mol. The number of anilines is 8. The first kappa shape index (κ1) is 95.2. The van der Waals surface area contributed by atoms with Crippen molar-refractivity contribution in [1.82, 2.24) is 29.7 Å². The maximum atomic E-state index is 12.6. The number of hydrogen-bond donors (Lipinski definition) is 8. The third-order valence-electron chi connectivity index (χ3n) is 24.2. The van der Waals surface area contributed by atoms with Crippen molar-refractivity contribution in [2.24, 2.45) is 0 Å². The number of alkyl halides is 1. The van der Waals surface area contributed by atoms with E-state index in [-0.39, 0.29) is 34.1 Å². The SMILES string of the molecule is Nc1ccc2c(c1)Sc1cccc(-c3cc(N4CCOCC4)cc(=O)[nH]3)c1S2.O=C(CCBr)Nc1ccc2c(c1)Sc1cccc(-c3cc(N4CCOCC4)cc(=O)[nH]3)c1S2.O=C(CCN1CCOCC1)Nc1ccc2c(c1)Sc1cccc(-c3cc(N4CCOCC4)cc(=O)[nH]3)c1S2.O=c1cc(N2CCOCC2)cc(-c2cccc3c2Sc2ccc(NCCCN4CCOCC4)cc2S3)[nH]1. The summed E-state index contributed by atoms with van der Waals surface area (Å²) < 4.78 is 32.7. The number of carbonyl (C=O) groups is 2. The van der Waals surface area contributed by atoms with Crippen LogP contribution in [0.1, 0.15) is 19.3 Å². The number of morpholine rings is 6. The van der Waals surface area contributed by atoms with Gasteiger partial charge in [-0.1, -0.05) is 159 Å². The van der Waals surface area contributed by atoms with E-state index in [9.17, 15) is 28.8 Å². The standard InChI is InChI=1S/C28H30N4O4S2.C28H32N4O3S2.C24H22BrN3O3S2.C21H19N3O2S2/c33-26(6-7-31-8-12-35-13-9-31)29-19-4-5-23-25(16-19)37-24-3-1-2-21(28(24)38-23)22-17-20(18-27(34)30-22)32-10-14-36-15-11-32;33-27-19-21(32-11-15-35-16-12-32)18-23(30-27)22-3-1-4-25-28(22)37-24-6-5-20(17-26(24)36-25)29-7-2-8-31-9-13-34-14-10-31;25-7-6-22(29)26-15-4-5-19-21(12-15)32-20-3-1-2-17(24(20)33-19)18-13-16(14-23(30)27-18)28-8-10-31-11-9-28;22-13-4-5-17-19(10-13)27-18-3-1-2-15(21(18)28-17)16-11-14(12-20(25)23-16)24-6-8-26-9-7-24/h1-5,16-18H,6-15H2,(H,29,33)(H,30,34);1,3-6,17-19,29H,2,7-16H2,(H,30,33);1-5,12-14H,6-11H2,(H,26,29)(H,27,30);1-5,10-12H,6-9,22H2,(H,23,25). The van der Waals surface area contributed by atoms with Gasteiger partial charge in [-0.15, -0.1) is 0 Å². The fraction of sp³-hybridized carbons (Fsp3) is 0.307. The number of benzene rings is 8. The van der Waals surface area contributed by atoms with Gasteiger partial charge in [0, 0.05) is 280 Å². The second-order valence-electron chi connectivity index (χ2n) is 33.4. The molecule has 35 heteroatoms. The molecule has 0 saturated carbocycles. The maximum Gasteiger partial charge on any atom is 0.250 e. The first-order chi connectivity index (χ1) is 66.6. The molecule has 0 aliphatic carbocycles. The largest absolute Gasteiger partial charge is 0.399 e. The molecule has 0 atom stereocenters. The van der Waals surface area contributed by atoms with Gasteiger partial charge in [-0.2, -0.15) is 0 Å². The summed E-state index contributed by atoms with van der Waals surface area (Å²) in [5, 5.41) is 10.3. The number of nitrogen functional groups attached to an aromatic ring is 1. The minimum absolute atomic E-state index is 0.00734. The van der Waals surface area contributed by atoms with Gasteiger partial charge in [-0.05, 0) is 134 Å². The molecule has 136 heavy (non-hydrogen) atoms. The molecule has 9 N–H and O–H groups in total. The van der Waals surface area contributed by atoms with Gasteiger partial charge in [-0.25, -0.2) is 0 Å². The van der Waals surface area contributed by atoms with Crippen LogP contribution in [0.2, 0.25) is 0 Å². The minimum atomic E-state index is -0.107. The number of pyridine rings is 4. The molecule has 0 spiro atoms. The summed E-state index contributed by atoms with van der Waals surface area (Å²) in [6.07, 6.45) is 2.02. The molecule has 10 aliphatic rings. The van der Waals surface area contributed by atoms with Crippen LogP contribution in [0.3, 0.4) is 0 Å². The molecule has 2 amide bonds. The highest BCUT2D eigenvalue weighted by Gasteiger charge is 2.30. The van der Waals surface area contributed by atoms with E-state index in [1.54, 1.807) is 118 Å². The number of rotatable bonds is 20. The zero-order valence-electron chi connectivity index (χ0n) is 74.7. The number of H-pyrrole nitrogens is 4. The summed E-state index contributed by atoms with van der Waals surface area (Å²) in [4.78, 5) is 119. The predicted octanol–water partition coefficient (Wildman–Crippen LogP) is 18.1. The van der Waals surface area contributed by atoms with Gasteiger partial charge in [0.1, 0.15) is 0 Å². The van der Waals surface area contributed by atoms with Crippen LogP contribution in [-0.2, 0) is 38.0 Å². The molecule has 0 unspecified atom stereocenters. The molecule has 6 saturated heterocycles. The van der Waals surface area contributed by atoms with Crippen LogP contribution in [0.15, 0.2) is 292 Å². The molecular weight excluding hydrogens is 1940 g/mol. The minimum Gasteiger partial charge on any atom is -0.399 e. The molecule has 12 aromatic rings. The van der Waals surface area contributed by atoms with Crippen LogP contribution < -0.4 is 63.5 Å². The van der Waals surface area contributed by atoms with Crippen molar-refractivity contribution in [3.05, 3.63) is 236 Å². The van der Waals surface area contributed by atoms with Crippen molar-refractivity contribution in [2.45, 2.75) is 97.6 Å². The Balaban J connectivity index is 0.000000117. The Morgan fingerprint density at radius 1 is 0.316 bits per heavy atom. The summed E-state index contributed by atoms with van der Waals surface area (Å²) in [7, 11) is 0. The maximum absolute atomic E-state index is 12.6. The number of aromatic nitrogens is 4. The first-order valence-corrected chi connectivity index (χ1v) is 53.3. The van der Waals surface area contributed by atoms with Crippen molar-refractivity contribution in [2.75, 3.05) is 224 Å². The number of nitrogens with two attached hydrogens (primary N) is 1. The number of fused-ring (bicyclic) bond motifs is 8. The lowest BCUT2D eigenvalue weighted by Crippen LogP contribution is -2.38. The van der Waals surface area contributed by atoms with Crippen molar-refractivity contribution >= 4 is 167 Å². The Morgan fingerprint density at radius 3 is 0.949 bits per heavy atom. The third kappa shape index (κ3) is 23.9. The van der Waals surface area contributed by atoms with Crippen LogP contribution in [0, 0.1) is 0 Å². The monoisotopic (exact) mass is 2040 g/mol. The normalized spacial score (nSPS) is 16.6. The molecule has 0 bridgehead atoms. The summed E-state index contributed by atoms with van der Waals surface area (Å²) in [6, 6.07) is 64.7. The van der Waals surface area contributed by atoms with E-state index in [0.717, 1.165) is 261 Å². The van der Waals surface area contributed by atoms with E-state index in [0.29, 0.717) is 71.0 Å². The number of hydrogen-bond acceptors (Lipinski definition) is 28. The highest BCUT2D eigenvalue weighted by Crippen LogP contribution is 2.57. The summed E-state index contributed by atoms with van der Waals surface area (Å²) in [5.41, 5.74) is 20.4. The molecule has 22 rings (SSSR count). The third-order valence-corrected chi connectivity index (χ3v) is 34.9. The number of halogens is 1. The van der Waals surface area contributed by atoms with Crippen LogP contribution in [-0.4, -0.2) is 224 Å². The van der Waals surface area contributed by atoms with Gasteiger partial charge < -0.3 is 89.6 Å². The van der Waals surface area contributed by atoms with Crippen molar-refractivity contribution in [1.29, 1.82) is 0 Å². The fourth-order valence-electron chi connectivity index (χ4n) is 17.2. The van der Waals surface area contributed by atoms with Gasteiger partial charge >= 0.3 is 0 Å². The zero-order chi connectivity index (χ0) is 92.8. The summed E-state index contributed by atoms with van der Waals surface area (Å²) in [6.45, 7) is 21.6. The second-order valence-corrected chi connectivity index (χ2v) is 42.7. The van der Waals surface area contributed by atoms with E-state index in [4.69, 9.17) is 34.2 Å². The number of nitrogens with zero attached hydrogens (tertiary/aromatic N) is 6. The van der Waals surface area contributed by atoms with Crippen LogP contribution in [0.5, 0.6) is 0 Å². The van der Waals surface area contributed by atoms with E-state index in [1.807, 2.05) is 54.6 Å². The average Bonchev–Trinajstić information content (AvgIpc) is 0.777. The molecule has 10 aliphatic heterocycles. The van der Waals surface area contributed by atoms with Crippen LogP contribution >= 0.6 is 110 Å². The topological polar surface area (TPSA) is 303 Å². The molecular formula is C101H103BrN14O12S8. The number of ether oxygens (including phenoxy) is 6. The van der Waals surface area contributed by atoms with E-state index in [1.165, 1.54) is 39.2 Å². The lowest BCUT2D eigenvalue weighted by Gasteiger charge is -2.29.